The number of aliphatic hydroxyl groups is 1. The topological polar surface area (TPSA) is 20.2 Å². The fraction of sp³-hybridized carbons (Fsp3) is 0.455. The van der Waals surface area contributed by atoms with E-state index in [1.165, 1.54) is 0 Å². The van der Waals surface area contributed by atoms with Crippen molar-refractivity contribution in [2.45, 2.75) is 32.3 Å². The van der Waals surface area contributed by atoms with E-state index in [1.807, 2.05) is 12.1 Å². The van der Waals surface area contributed by atoms with Crippen molar-refractivity contribution in [2.75, 3.05) is 0 Å². The summed E-state index contributed by atoms with van der Waals surface area (Å²) in [4.78, 5) is 0. The van der Waals surface area contributed by atoms with Crippen molar-refractivity contribution in [3.63, 3.8) is 0 Å². The van der Waals surface area contributed by atoms with Gasteiger partial charge in [-0.05, 0) is 30.5 Å². The monoisotopic (exact) mass is 232 g/mol. The van der Waals surface area contributed by atoms with Gasteiger partial charge in [0.05, 0.1) is 16.1 Å². The summed E-state index contributed by atoms with van der Waals surface area (Å²) in [7, 11) is 0. The van der Waals surface area contributed by atoms with Gasteiger partial charge in [0, 0.05) is 0 Å². The van der Waals surface area contributed by atoms with Gasteiger partial charge in [-0.25, -0.2) is 0 Å². The minimum atomic E-state index is -0.280. The van der Waals surface area contributed by atoms with Crippen molar-refractivity contribution >= 4 is 23.2 Å². The summed E-state index contributed by atoms with van der Waals surface area (Å²) in [6, 6.07) is 5.47. The van der Waals surface area contributed by atoms with Crippen LogP contribution in [0.5, 0.6) is 0 Å². The number of hydrogen-bond acceptors (Lipinski definition) is 1. The molecule has 0 amide bonds. The van der Waals surface area contributed by atoms with E-state index in [1.54, 1.807) is 6.07 Å². The molecule has 0 aliphatic carbocycles. The minimum Gasteiger partial charge on any atom is -0.393 e. The molecule has 1 nitrogen and oxygen atoms in total. The van der Waals surface area contributed by atoms with Gasteiger partial charge in [0.25, 0.3) is 0 Å². The molecule has 0 saturated heterocycles. The van der Waals surface area contributed by atoms with Crippen molar-refractivity contribution in [3.05, 3.63) is 33.8 Å². The molecule has 78 valence electrons. The maximum atomic E-state index is 9.59. The lowest BCUT2D eigenvalue weighted by Gasteiger charge is -2.09. The third-order valence-electron chi connectivity index (χ3n) is 2.08. The van der Waals surface area contributed by atoms with Gasteiger partial charge in [0.2, 0.25) is 0 Å². The summed E-state index contributed by atoms with van der Waals surface area (Å²) >= 11 is 11.6. The van der Waals surface area contributed by atoms with E-state index in [-0.39, 0.29) is 6.10 Å². The first-order valence-corrected chi connectivity index (χ1v) is 5.51. The number of aliphatic hydroxyl groups excluding tert-OH is 1. The zero-order valence-electron chi connectivity index (χ0n) is 8.13. The average molecular weight is 233 g/mol. The quantitative estimate of drug-likeness (QED) is 0.840. The molecule has 0 unspecified atom stereocenters. The number of halogens is 2. The standard InChI is InChI=1S/C11H14Cl2O/c1-2-3-9(14)6-8-4-5-10(12)11(13)7-8/h4-5,7,9,14H,2-3,6H2,1H3/t9-/m0/s1. The highest BCUT2D eigenvalue weighted by molar-refractivity contribution is 6.42. The molecule has 0 saturated carbocycles. The van der Waals surface area contributed by atoms with Gasteiger partial charge in [-0.1, -0.05) is 42.6 Å². The Kier molecular flexibility index (Phi) is 4.73. The summed E-state index contributed by atoms with van der Waals surface area (Å²) in [6.45, 7) is 2.05. The van der Waals surface area contributed by atoms with E-state index < -0.39 is 0 Å². The second-order valence-corrected chi connectivity index (χ2v) is 4.21. The van der Waals surface area contributed by atoms with Crippen molar-refractivity contribution < 1.29 is 5.11 Å². The van der Waals surface area contributed by atoms with E-state index in [0.717, 1.165) is 18.4 Å². The summed E-state index contributed by atoms with van der Waals surface area (Å²) in [5, 5.41) is 10.7. The van der Waals surface area contributed by atoms with Gasteiger partial charge >= 0.3 is 0 Å². The molecule has 0 radical (unpaired) electrons. The number of benzene rings is 1. The van der Waals surface area contributed by atoms with E-state index in [0.29, 0.717) is 16.5 Å². The van der Waals surface area contributed by atoms with E-state index >= 15 is 0 Å². The van der Waals surface area contributed by atoms with Crippen LogP contribution in [-0.2, 0) is 6.42 Å². The zero-order valence-corrected chi connectivity index (χ0v) is 9.65. The fourth-order valence-electron chi connectivity index (χ4n) is 1.37. The molecule has 0 fully saturated rings. The molecule has 1 rings (SSSR count). The molecule has 1 aromatic rings. The Morgan fingerprint density at radius 1 is 1.29 bits per heavy atom. The Labute approximate surface area is 94.7 Å². The molecular weight excluding hydrogens is 219 g/mol. The molecule has 14 heavy (non-hydrogen) atoms. The summed E-state index contributed by atoms with van der Waals surface area (Å²) in [6.07, 6.45) is 2.17. The lowest BCUT2D eigenvalue weighted by atomic mass is 10.0. The first-order valence-electron chi connectivity index (χ1n) is 4.75. The smallest absolute Gasteiger partial charge is 0.0595 e. The van der Waals surface area contributed by atoms with Crippen LogP contribution in [0.1, 0.15) is 25.3 Å². The normalized spacial score (nSPS) is 12.9. The van der Waals surface area contributed by atoms with Crippen LogP contribution in [0, 0.1) is 0 Å². The Bertz CT molecular complexity index is 299. The Balaban J connectivity index is 2.63. The highest BCUT2D eigenvalue weighted by Crippen LogP contribution is 2.23. The summed E-state index contributed by atoms with van der Waals surface area (Å²) in [5.74, 6) is 0. The first-order chi connectivity index (χ1) is 6.63. The summed E-state index contributed by atoms with van der Waals surface area (Å²) < 4.78 is 0. The molecule has 1 atom stereocenters. The molecule has 3 heteroatoms. The predicted octanol–water partition coefficient (Wildman–Crippen LogP) is 3.70. The predicted molar refractivity (Wildman–Crippen MR) is 61.1 cm³/mol. The zero-order chi connectivity index (χ0) is 10.6. The summed E-state index contributed by atoms with van der Waals surface area (Å²) in [5.41, 5.74) is 1.03. The molecular formula is C11H14Cl2O. The highest BCUT2D eigenvalue weighted by Gasteiger charge is 2.05. The maximum absolute atomic E-state index is 9.59. The van der Waals surface area contributed by atoms with E-state index in [2.05, 4.69) is 6.92 Å². The van der Waals surface area contributed by atoms with Gasteiger partial charge in [-0.15, -0.1) is 0 Å². The lowest BCUT2D eigenvalue weighted by molar-refractivity contribution is 0.164. The molecule has 0 aliphatic rings. The molecule has 0 aliphatic heterocycles. The number of rotatable bonds is 4. The minimum absolute atomic E-state index is 0.280. The second-order valence-electron chi connectivity index (χ2n) is 3.40. The van der Waals surface area contributed by atoms with Crippen LogP contribution in [0.2, 0.25) is 10.0 Å². The van der Waals surface area contributed by atoms with E-state index in [9.17, 15) is 5.11 Å². The lowest BCUT2D eigenvalue weighted by Crippen LogP contribution is -2.09. The molecule has 0 bridgehead atoms. The highest BCUT2D eigenvalue weighted by atomic mass is 35.5. The third-order valence-corrected chi connectivity index (χ3v) is 2.82. The van der Waals surface area contributed by atoms with Crippen LogP contribution in [-0.4, -0.2) is 11.2 Å². The second kappa shape index (κ2) is 5.59. The van der Waals surface area contributed by atoms with Crippen LogP contribution in [0.4, 0.5) is 0 Å². The Hall–Kier alpha value is -0.240. The van der Waals surface area contributed by atoms with Crippen LogP contribution in [0.25, 0.3) is 0 Å². The Morgan fingerprint density at radius 3 is 2.57 bits per heavy atom. The van der Waals surface area contributed by atoms with Crippen molar-refractivity contribution in [1.82, 2.24) is 0 Å². The molecule has 0 aromatic heterocycles. The van der Waals surface area contributed by atoms with Gasteiger partial charge in [0.1, 0.15) is 0 Å². The van der Waals surface area contributed by atoms with Gasteiger partial charge in [0.15, 0.2) is 0 Å². The average Bonchev–Trinajstić information content (AvgIpc) is 2.12. The van der Waals surface area contributed by atoms with Crippen molar-refractivity contribution in [2.24, 2.45) is 0 Å². The van der Waals surface area contributed by atoms with Crippen LogP contribution < -0.4 is 0 Å². The van der Waals surface area contributed by atoms with Crippen LogP contribution >= 0.6 is 23.2 Å². The van der Waals surface area contributed by atoms with Crippen LogP contribution in [0.15, 0.2) is 18.2 Å². The van der Waals surface area contributed by atoms with Gasteiger partial charge in [-0.2, -0.15) is 0 Å². The van der Waals surface area contributed by atoms with E-state index in [4.69, 9.17) is 23.2 Å². The number of hydrogen-bond donors (Lipinski definition) is 1. The van der Waals surface area contributed by atoms with Crippen LogP contribution in [0.3, 0.4) is 0 Å². The fourth-order valence-corrected chi connectivity index (χ4v) is 1.69. The van der Waals surface area contributed by atoms with Gasteiger partial charge in [-0.3, -0.25) is 0 Å². The molecule has 0 heterocycles. The third kappa shape index (κ3) is 3.49. The van der Waals surface area contributed by atoms with Crippen molar-refractivity contribution in [3.8, 4) is 0 Å². The molecule has 1 aromatic carbocycles. The van der Waals surface area contributed by atoms with Crippen molar-refractivity contribution in [1.29, 1.82) is 0 Å². The largest absolute Gasteiger partial charge is 0.393 e. The molecule has 1 N–H and O–H groups in total. The first kappa shape index (κ1) is 11.8. The SMILES string of the molecule is CCC[C@H](O)Cc1ccc(Cl)c(Cl)c1. The van der Waals surface area contributed by atoms with Gasteiger partial charge < -0.3 is 5.11 Å². The molecule has 0 spiro atoms. The Morgan fingerprint density at radius 2 is 2.00 bits per heavy atom. The maximum Gasteiger partial charge on any atom is 0.0595 e.